The van der Waals surface area contributed by atoms with Crippen LogP contribution in [0.15, 0.2) is 108 Å². The molecule has 2 aliphatic rings. The number of hydrogen-bond donors (Lipinski definition) is 4. The normalized spacial score (nSPS) is 19.5. The van der Waals surface area contributed by atoms with Gasteiger partial charge in [-0.2, -0.15) is 29.4 Å². The molecule has 84 heavy (non-hydrogen) atoms. The van der Waals surface area contributed by atoms with E-state index in [0.717, 1.165) is 51.9 Å². The molecule has 6 aromatic heterocycles. The van der Waals surface area contributed by atoms with Crippen molar-refractivity contribution in [2.75, 3.05) is 77.1 Å². The van der Waals surface area contributed by atoms with Crippen LogP contribution in [0.3, 0.4) is 0 Å². The number of amides is 2. The highest BCUT2D eigenvalue weighted by atomic mass is 32.2. The number of methoxy groups -OCH3 is 2. The first-order valence-electron chi connectivity index (χ1n) is 26.6. The highest BCUT2D eigenvalue weighted by Gasteiger charge is 2.47. The molecule has 0 bridgehead atoms. The largest absolute Gasteiger partial charge is 0.383 e. The summed E-state index contributed by atoms with van der Waals surface area (Å²) >= 11 is 1.50. The number of fused-ring (bicyclic) bond motifs is 2. The molecule has 448 valence electrons. The van der Waals surface area contributed by atoms with Crippen molar-refractivity contribution in [3.63, 3.8) is 0 Å². The zero-order valence-corrected chi connectivity index (χ0v) is 50.3. The van der Waals surface area contributed by atoms with Gasteiger partial charge in [0.25, 0.3) is 11.8 Å². The Kier molecular flexibility index (Phi) is 18.3. The van der Waals surface area contributed by atoms with Gasteiger partial charge in [0.05, 0.1) is 91.4 Å². The van der Waals surface area contributed by atoms with Crippen molar-refractivity contribution in [1.29, 1.82) is 0 Å². The lowest BCUT2D eigenvalue weighted by Crippen LogP contribution is -2.52. The molecule has 0 spiro atoms. The predicted molar refractivity (Wildman–Crippen MR) is 314 cm³/mol. The van der Waals surface area contributed by atoms with Gasteiger partial charge >= 0.3 is 0 Å². The maximum absolute atomic E-state index is 13.1. The Morgan fingerprint density at radius 1 is 0.595 bits per heavy atom. The van der Waals surface area contributed by atoms with E-state index >= 15 is 0 Å². The van der Waals surface area contributed by atoms with Crippen molar-refractivity contribution >= 4 is 76.4 Å². The van der Waals surface area contributed by atoms with Crippen LogP contribution in [-0.4, -0.2) is 163 Å². The number of benzene rings is 2. The molecule has 0 atom stereocenters. The molecule has 0 saturated heterocycles. The lowest BCUT2D eigenvalue weighted by molar-refractivity contribution is -0.153. The molecule has 0 radical (unpaired) electrons. The van der Waals surface area contributed by atoms with E-state index in [1.807, 2.05) is 84.0 Å². The summed E-state index contributed by atoms with van der Waals surface area (Å²) in [4.78, 5) is 36.8. The van der Waals surface area contributed by atoms with Gasteiger partial charge in [-0.3, -0.25) is 19.0 Å². The van der Waals surface area contributed by atoms with Crippen LogP contribution in [0.2, 0.25) is 0 Å². The van der Waals surface area contributed by atoms with Crippen LogP contribution in [0.5, 0.6) is 0 Å². The molecule has 2 saturated carbocycles. The van der Waals surface area contributed by atoms with Crippen LogP contribution in [-0.2, 0) is 58.4 Å². The van der Waals surface area contributed by atoms with Gasteiger partial charge in [-0.15, -0.1) is 11.8 Å². The number of nitrogens with zero attached hydrogens (tertiary/aromatic N) is 10. The number of anilines is 2. The van der Waals surface area contributed by atoms with Gasteiger partial charge in [0, 0.05) is 67.0 Å². The lowest BCUT2D eigenvalue weighted by Gasteiger charge is -2.38. The van der Waals surface area contributed by atoms with Gasteiger partial charge in [-0.25, -0.2) is 44.6 Å². The highest BCUT2D eigenvalue weighted by molar-refractivity contribution is 7.98. The number of para-hydroxylation sites is 2. The molecule has 0 unspecified atom stereocenters. The van der Waals surface area contributed by atoms with Crippen molar-refractivity contribution in [3.05, 3.63) is 109 Å². The summed E-state index contributed by atoms with van der Waals surface area (Å²) in [5.41, 5.74) is 17.2. The summed E-state index contributed by atoms with van der Waals surface area (Å²) in [6.07, 6.45) is 17.9. The van der Waals surface area contributed by atoms with Gasteiger partial charge in [0.2, 0.25) is 20.0 Å². The third-order valence-corrected chi connectivity index (χ3v) is 17.9. The number of sulfonamides is 2. The average Bonchev–Trinajstić information content (AvgIpc) is 2.43. The van der Waals surface area contributed by atoms with Crippen molar-refractivity contribution in [2.45, 2.75) is 84.2 Å². The number of nitrogen functional groups attached to an aromatic ring is 2. The summed E-state index contributed by atoms with van der Waals surface area (Å²) in [7, 11) is -8.41. The van der Waals surface area contributed by atoms with Gasteiger partial charge in [0.15, 0.2) is 21.1 Å². The molecule has 2 aromatic carbocycles. The molecule has 10 rings (SSSR count). The third kappa shape index (κ3) is 13.3. The highest BCUT2D eigenvalue weighted by Crippen LogP contribution is 2.46. The van der Waals surface area contributed by atoms with E-state index in [2.05, 4.69) is 25.1 Å². The number of nitrogens with one attached hydrogen (secondary N) is 2. The number of ether oxygens (including phenoxy) is 4. The fraction of sp³-hybridized carbons (Fsp3) is 0.407. The van der Waals surface area contributed by atoms with Crippen LogP contribution in [0.1, 0.15) is 74.6 Å². The van der Waals surface area contributed by atoms with E-state index in [0.29, 0.717) is 53.9 Å². The van der Waals surface area contributed by atoms with E-state index in [1.54, 1.807) is 38.7 Å². The summed E-state index contributed by atoms with van der Waals surface area (Å²) in [5, 5.41) is 17.8. The number of thioether (sulfide) groups is 1. The molecule has 2 aliphatic carbocycles. The van der Waals surface area contributed by atoms with Gasteiger partial charge < -0.3 is 30.4 Å². The third-order valence-electron chi connectivity index (χ3n) is 14.8. The average molecular weight is 1230 g/mol. The second-order valence-electron chi connectivity index (χ2n) is 20.6. The van der Waals surface area contributed by atoms with E-state index in [-0.39, 0.29) is 74.4 Å². The molecular formula is C54H66N14O12S4. The number of carbonyl (C=O) groups is 2. The first-order valence-corrected chi connectivity index (χ1v) is 33.5. The van der Waals surface area contributed by atoms with Crippen LogP contribution in [0.4, 0.5) is 11.6 Å². The van der Waals surface area contributed by atoms with Gasteiger partial charge in [-0.1, -0.05) is 36.4 Å². The number of carbonyl (C=O) groups excluding carboxylic acids is 2. The summed E-state index contributed by atoms with van der Waals surface area (Å²) < 4.78 is 106. The number of aromatic nitrogens is 10. The minimum Gasteiger partial charge on any atom is -0.383 e. The Hall–Kier alpha value is -7.32. The summed E-state index contributed by atoms with van der Waals surface area (Å²) in [6, 6.07) is 19.4. The molecule has 6 heterocycles. The molecule has 8 aromatic rings. The second kappa shape index (κ2) is 25.1. The minimum atomic E-state index is -3.85. The number of sulfone groups is 1. The summed E-state index contributed by atoms with van der Waals surface area (Å²) in [5.74, 6) is -1.46. The maximum Gasteiger partial charge on any atom is 0.265 e. The number of hydrogen-bond acceptors (Lipinski definition) is 21. The van der Waals surface area contributed by atoms with Crippen LogP contribution in [0.25, 0.3) is 44.9 Å². The van der Waals surface area contributed by atoms with E-state index < -0.39 is 58.8 Å². The van der Waals surface area contributed by atoms with Gasteiger partial charge in [0.1, 0.15) is 27.7 Å². The first-order chi connectivity index (χ1) is 40.0. The molecule has 30 heteroatoms. The Morgan fingerprint density at radius 3 is 1.39 bits per heavy atom. The van der Waals surface area contributed by atoms with E-state index in [4.69, 9.17) is 40.4 Å². The fourth-order valence-electron chi connectivity index (χ4n) is 10.7. The zero-order chi connectivity index (χ0) is 60.2. The number of nitrogens with two attached hydrogens (primary N) is 2. The Morgan fingerprint density at radius 2 is 1.00 bits per heavy atom. The Balaban J connectivity index is 0.000000202. The van der Waals surface area contributed by atoms with Crippen LogP contribution in [0, 0.1) is 0 Å². The van der Waals surface area contributed by atoms with Crippen molar-refractivity contribution < 1.29 is 53.8 Å². The minimum absolute atomic E-state index is 0.0234. The van der Waals surface area contributed by atoms with E-state index in [1.165, 1.54) is 30.5 Å². The number of rotatable bonds is 20. The predicted octanol–water partition coefficient (Wildman–Crippen LogP) is 4.72. The lowest BCUT2D eigenvalue weighted by atomic mass is 9.76. The monoisotopic (exact) mass is 1230 g/mol. The van der Waals surface area contributed by atoms with Crippen LogP contribution < -0.4 is 20.9 Å². The topological polar surface area (TPSA) is 346 Å². The zero-order valence-electron chi connectivity index (χ0n) is 47.0. The second-order valence-corrected chi connectivity index (χ2v) is 26.9. The summed E-state index contributed by atoms with van der Waals surface area (Å²) in [6.45, 7) is 0.726. The fourth-order valence-corrected chi connectivity index (χ4v) is 13.5. The standard InChI is InChI=1S/C27H33N7O7S2.C27H33N7O5S2/c1-40-13-14-41-27(26(35)32-43(3,38)39)11-9-18(10-12-27)22-23(42(2,36)37)24(28)34-25(31-22)21(16-30-34)19-15-29-33(17-19)20-7-5-4-6-8-20;1-38-13-14-39-27(26(35)32-41(3,36)37)11-9-18(10-12-27)22-23(40-2)24(28)34-25(31-22)21(16-30-34)19-15-29-33(17-19)20-7-5-4-6-8-20/h4-8,15-18H,9-14,28H2,1-3H3,(H,32,35);4-8,15-18H,9-14,28H2,1-3H3,(H,32,35). The van der Waals surface area contributed by atoms with Crippen molar-refractivity contribution in [2.24, 2.45) is 0 Å². The SMILES string of the molecule is COCCOC1(C(=O)NS(C)(=O)=O)CCC(c2nc3c(-c4cnn(-c5ccccc5)c4)cnn3c(N)c2S(C)(=O)=O)CC1.COCCOC1(C(=O)NS(C)(=O)=O)CCC(c2nc3c(-c4cnn(-c5ccccc5)c4)cnn3c(N)c2SC)CC1. The molecule has 2 amide bonds. The van der Waals surface area contributed by atoms with Crippen LogP contribution >= 0.6 is 11.8 Å². The van der Waals surface area contributed by atoms with Gasteiger partial charge in [-0.05, 0) is 81.9 Å². The molecule has 0 aliphatic heterocycles. The van der Waals surface area contributed by atoms with E-state index in [9.17, 15) is 34.8 Å². The van der Waals surface area contributed by atoms with Crippen molar-refractivity contribution in [1.82, 2.24) is 58.2 Å². The maximum atomic E-state index is 13.1. The Bertz CT molecular complexity index is 4030. The first kappa shape index (κ1) is 61.2. The van der Waals surface area contributed by atoms with Crippen molar-refractivity contribution in [3.8, 4) is 33.6 Å². The Labute approximate surface area is 490 Å². The molecular weight excluding hydrogens is 1160 g/mol. The quantitative estimate of drug-likeness (QED) is 0.0592. The molecule has 26 nitrogen and oxygen atoms in total. The smallest absolute Gasteiger partial charge is 0.265 e. The molecule has 2 fully saturated rings. The molecule has 6 N–H and O–H groups in total.